The first-order valence-corrected chi connectivity index (χ1v) is 5.13. The average Bonchev–Trinajstić information content (AvgIpc) is 2.18. The molecule has 0 aliphatic carbocycles. The number of nitrogens with one attached hydrogen (secondary N) is 1. The molecule has 1 heterocycles. The topological polar surface area (TPSA) is 47.6 Å². The summed E-state index contributed by atoms with van der Waals surface area (Å²) in [5, 5.41) is 2.72. The van der Waals surface area contributed by atoms with E-state index in [1.54, 1.807) is 7.11 Å². The fourth-order valence-electron chi connectivity index (χ4n) is 1.93. The van der Waals surface area contributed by atoms with Gasteiger partial charge in [-0.05, 0) is 38.5 Å². The van der Waals surface area contributed by atoms with E-state index < -0.39 is 11.7 Å². The summed E-state index contributed by atoms with van der Waals surface area (Å²) >= 11 is 0. The van der Waals surface area contributed by atoms with Gasteiger partial charge in [-0.15, -0.1) is 0 Å². The van der Waals surface area contributed by atoms with Crippen LogP contribution < -0.4 is 10.1 Å². The number of carbonyl (C=O) groups is 1. The van der Waals surface area contributed by atoms with Crippen molar-refractivity contribution in [3.8, 4) is 5.75 Å². The number of anilines is 1. The van der Waals surface area contributed by atoms with Gasteiger partial charge in [0.25, 0.3) is 0 Å². The van der Waals surface area contributed by atoms with Crippen molar-refractivity contribution in [3.05, 3.63) is 23.3 Å². The van der Waals surface area contributed by atoms with Gasteiger partial charge in [-0.2, -0.15) is 0 Å². The number of hydrogen-bond donors (Lipinski definition) is 1. The van der Waals surface area contributed by atoms with Gasteiger partial charge in [0.1, 0.15) is 11.4 Å². The Hall–Kier alpha value is -1.71. The molecule has 0 fully saturated rings. The number of benzene rings is 1. The molecule has 0 radical (unpaired) electrons. The number of ether oxygens (including phenoxy) is 2. The molecule has 0 atom stereocenters. The Morgan fingerprint density at radius 1 is 1.38 bits per heavy atom. The minimum Gasteiger partial charge on any atom is -0.497 e. The van der Waals surface area contributed by atoms with E-state index in [-0.39, 0.29) is 0 Å². The number of rotatable bonds is 1. The molecule has 4 nitrogen and oxygen atoms in total. The number of carbonyl (C=O) groups excluding carboxylic acids is 1. The Labute approximate surface area is 94.6 Å². The minimum absolute atomic E-state index is 0.411. The maximum absolute atomic E-state index is 11.4. The molecule has 0 aromatic heterocycles. The first-order valence-electron chi connectivity index (χ1n) is 5.13. The number of cyclic esters (lactones) is 1. The van der Waals surface area contributed by atoms with Crippen molar-refractivity contribution in [1.29, 1.82) is 0 Å². The second-order valence-corrected chi connectivity index (χ2v) is 4.39. The van der Waals surface area contributed by atoms with Crippen molar-refractivity contribution in [2.45, 2.75) is 26.4 Å². The summed E-state index contributed by atoms with van der Waals surface area (Å²) in [6.07, 6.45) is -0.411. The molecule has 0 bridgehead atoms. The van der Waals surface area contributed by atoms with Crippen LogP contribution in [-0.2, 0) is 10.3 Å². The number of methoxy groups -OCH3 is 1. The van der Waals surface area contributed by atoms with E-state index in [0.29, 0.717) is 0 Å². The van der Waals surface area contributed by atoms with Gasteiger partial charge in [0.05, 0.1) is 12.8 Å². The smallest absolute Gasteiger partial charge is 0.412 e. The van der Waals surface area contributed by atoms with E-state index in [1.165, 1.54) is 0 Å². The number of hydrogen-bond acceptors (Lipinski definition) is 3. The van der Waals surface area contributed by atoms with Crippen LogP contribution in [-0.4, -0.2) is 13.2 Å². The van der Waals surface area contributed by atoms with Crippen LogP contribution in [0.3, 0.4) is 0 Å². The lowest BCUT2D eigenvalue weighted by molar-refractivity contribution is 0.0418. The SMILES string of the molecule is COc1cc(C)c2c(c1)C(C)(C)OC(=O)N2. The van der Waals surface area contributed by atoms with Crippen LogP contribution in [0, 0.1) is 6.92 Å². The Balaban J connectivity index is 2.63. The van der Waals surface area contributed by atoms with Crippen LogP contribution in [0.4, 0.5) is 10.5 Å². The molecule has 0 saturated carbocycles. The molecule has 1 aromatic carbocycles. The molecule has 1 aliphatic heterocycles. The number of aryl methyl sites for hydroxylation is 1. The third-order valence-electron chi connectivity index (χ3n) is 2.77. The standard InChI is InChI=1S/C12H15NO3/c1-7-5-8(15-4)6-9-10(7)13-11(14)16-12(9,2)3/h5-6H,1-4H3,(H,13,14). The average molecular weight is 221 g/mol. The molecule has 0 saturated heterocycles. The van der Waals surface area contributed by atoms with E-state index in [0.717, 1.165) is 22.6 Å². The first kappa shape index (κ1) is 10.8. The van der Waals surface area contributed by atoms with E-state index in [2.05, 4.69) is 5.32 Å². The highest BCUT2D eigenvalue weighted by atomic mass is 16.6. The van der Waals surface area contributed by atoms with Gasteiger partial charge in [0.2, 0.25) is 0 Å². The fraction of sp³-hybridized carbons (Fsp3) is 0.417. The highest BCUT2D eigenvalue weighted by molar-refractivity contribution is 5.90. The zero-order chi connectivity index (χ0) is 11.9. The summed E-state index contributed by atoms with van der Waals surface area (Å²) in [4.78, 5) is 11.4. The van der Waals surface area contributed by atoms with Crippen molar-refractivity contribution in [2.75, 3.05) is 12.4 Å². The van der Waals surface area contributed by atoms with Crippen LogP contribution in [0.1, 0.15) is 25.0 Å². The third kappa shape index (κ3) is 1.60. The number of amides is 1. The minimum atomic E-state index is -0.628. The van der Waals surface area contributed by atoms with Gasteiger partial charge >= 0.3 is 6.09 Å². The predicted molar refractivity (Wildman–Crippen MR) is 60.9 cm³/mol. The van der Waals surface area contributed by atoms with E-state index in [4.69, 9.17) is 9.47 Å². The van der Waals surface area contributed by atoms with Crippen LogP contribution in [0.2, 0.25) is 0 Å². The Morgan fingerprint density at radius 2 is 2.06 bits per heavy atom. The molecule has 1 N–H and O–H groups in total. The van der Waals surface area contributed by atoms with Crippen LogP contribution in [0.25, 0.3) is 0 Å². The molecule has 1 aromatic rings. The predicted octanol–water partition coefficient (Wildman–Crippen LogP) is 2.80. The maximum atomic E-state index is 11.4. The molecule has 0 unspecified atom stereocenters. The summed E-state index contributed by atoms with van der Waals surface area (Å²) in [6.45, 7) is 5.66. The second-order valence-electron chi connectivity index (χ2n) is 4.39. The van der Waals surface area contributed by atoms with Crippen LogP contribution in [0.5, 0.6) is 5.75 Å². The summed E-state index contributed by atoms with van der Waals surface area (Å²) in [6, 6.07) is 3.78. The Morgan fingerprint density at radius 3 is 2.69 bits per heavy atom. The maximum Gasteiger partial charge on any atom is 0.412 e. The normalized spacial score (nSPS) is 17.1. The summed E-state index contributed by atoms with van der Waals surface area (Å²) in [5.41, 5.74) is 2.10. The quantitative estimate of drug-likeness (QED) is 0.793. The van der Waals surface area contributed by atoms with Crippen molar-refractivity contribution in [1.82, 2.24) is 0 Å². The Kier molecular flexibility index (Phi) is 2.30. The number of fused-ring (bicyclic) bond motifs is 1. The Bertz CT molecular complexity index is 452. The summed E-state index contributed by atoms with van der Waals surface area (Å²) < 4.78 is 10.5. The molecular weight excluding hydrogens is 206 g/mol. The largest absolute Gasteiger partial charge is 0.497 e. The van der Waals surface area contributed by atoms with Gasteiger partial charge in [-0.3, -0.25) is 5.32 Å². The zero-order valence-electron chi connectivity index (χ0n) is 9.88. The van der Waals surface area contributed by atoms with Gasteiger partial charge < -0.3 is 9.47 Å². The van der Waals surface area contributed by atoms with Gasteiger partial charge in [-0.1, -0.05) is 0 Å². The highest BCUT2D eigenvalue weighted by Crippen LogP contribution is 2.39. The lowest BCUT2D eigenvalue weighted by Gasteiger charge is -2.33. The molecule has 4 heteroatoms. The second kappa shape index (κ2) is 3.40. The van der Waals surface area contributed by atoms with Crippen molar-refractivity contribution in [3.63, 3.8) is 0 Å². The van der Waals surface area contributed by atoms with E-state index in [1.807, 2.05) is 32.9 Å². The summed E-state index contributed by atoms with van der Waals surface area (Å²) in [5.74, 6) is 0.768. The lowest BCUT2D eigenvalue weighted by Crippen LogP contribution is -2.35. The molecule has 16 heavy (non-hydrogen) atoms. The monoisotopic (exact) mass is 221 g/mol. The van der Waals surface area contributed by atoms with Gasteiger partial charge in [-0.25, -0.2) is 4.79 Å². The van der Waals surface area contributed by atoms with Crippen LogP contribution >= 0.6 is 0 Å². The van der Waals surface area contributed by atoms with Crippen molar-refractivity contribution in [2.24, 2.45) is 0 Å². The first-order chi connectivity index (χ1) is 7.44. The lowest BCUT2D eigenvalue weighted by atomic mass is 9.92. The van der Waals surface area contributed by atoms with E-state index >= 15 is 0 Å². The third-order valence-corrected chi connectivity index (χ3v) is 2.77. The fourth-order valence-corrected chi connectivity index (χ4v) is 1.93. The van der Waals surface area contributed by atoms with Crippen LogP contribution in [0.15, 0.2) is 12.1 Å². The van der Waals surface area contributed by atoms with Gasteiger partial charge in [0, 0.05) is 5.56 Å². The molecule has 1 aliphatic rings. The molecule has 1 amide bonds. The van der Waals surface area contributed by atoms with Gasteiger partial charge in [0.15, 0.2) is 0 Å². The van der Waals surface area contributed by atoms with Crippen molar-refractivity contribution < 1.29 is 14.3 Å². The zero-order valence-corrected chi connectivity index (χ0v) is 9.88. The molecular formula is C12H15NO3. The van der Waals surface area contributed by atoms with Crippen molar-refractivity contribution >= 4 is 11.8 Å². The molecule has 0 spiro atoms. The highest BCUT2D eigenvalue weighted by Gasteiger charge is 2.34. The molecule has 86 valence electrons. The summed E-state index contributed by atoms with van der Waals surface area (Å²) in [7, 11) is 1.62. The molecule has 2 rings (SSSR count). The van der Waals surface area contributed by atoms with E-state index in [9.17, 15) is 4.79 Å².